The van der Waals surface area contributed by atoms with Crippen LogP contribution in [0.15, 0.2) is 54.6 Å². The van der Waals surface area contributed by atoms with E-state index in [0.717, 1.165) is 30.8 Å². The Balaban J connectivity index is 1.59. The zero-order valence-electron chi connectivity index (χ0n) is 27.5. The third-order valence-electron chi connectivity index (χ3n) is 8.33. The van der Waals surface area contributed by atoms with Gasteiger partial charge < -0.3 is 41.3 Å². The van der Waals surface area contributed by atoms with E-state index >= 15 is 0 Å². The lowest BCUT2D eigenvalue weighted by atomic mass is 10.0. The minimum Gasteiger partial charge on any atom is -0.507 e. The Labute approximate surface area is 280 Å². The fourth-order valence-corrected chi connectivity index (χ4v) is 5.83. The number of phenolic OH excluding ortho intramolecular Hbond substituents is 2. The molecule has 0 aromatic heterocycles. The molecule has 1 heterocycles. The summed E-state index contributed by atoms with van der Waals surface area (Å²) < 4.78 is 0. The van der Waals surface area contributed by atoms with Gasteiger partial charge in [-0.2, -0.15) is 0 Å². The van der Waals surface area contributed by atoms with Crippen LogP contribution in [0.5, 0.6) is 11.5 Å². The number of benzene rings is 3. The molecule has 3 aromatic carbocycles. The third kappa shape index (κ3) is 10.2. The maximum absolute atomic E-state index is 12.8. The summed E-state index contributed by atoms with van der Waals surface area (Å²) in [5.74, 6) is -1.77. The maximum atomic E-state index is 12.8. The molecule has 8 N–H and O–H groups in total. The highest BCUT2D eigenvalue weighted by atomic mass is 16.3. The van der Waals surface area contributed by atoms with Crippen molar-refractivity contribution in [3.63, 3.8) is 0 Å². The number of nitrogens with zero attached hydrogens (tertiary/aromatic N) is 3. The Bertz CT molecular complexity index is 1450. The largest absolute Gasteiger partial charge is 0.507 e. The molecule has 0 spiro atoms. The van der Waals surface area contributed by atoms with Gasteiger partial charge in [0.25, 0.3) is 11.8 Å². The molecule has 0 aliphatic carbocycles. The third-order valence-corrected chi connectivity index (χ3v) is 8.33. The standard InChI is InChI=1S/C35H47N5O8/c1-23-14-26(32(45)28(16-23)34(47)36-30(43)21-41)19-39-10-8-38(18-25-6-4-3-5-7-25)9-11-40(13-12-39)20-27-15-24(2)17-29(33(27)46)35(48)37-31(44)22-42/h3-7,14-17,30-31,41-46H,8-13,18-22H2,1-2H3,(H,36,47)(H,37,48). The van der Waals surface area contributed by atoms with Crippen LogP contribution in [-0.4, -0.2) is 122 Å². The first kappa shape index (κ1) is 36.8. The summed E-state index contributed by atoms with van der Waals surface area (Å²) in [7, 11) is 0. The zero-order chi connectivity index (χ0) is 34.8. The monoisotopic (exact) mass is 665 g/mol. The second-order valence-corrected chi connectivity index (χ2v) is 12.3. The lowest BCUT2D eigenvalue weighted by Crippen LogP contribution is -2.37. The number of nitrogens with one attached hydrogen (secondary N) is 2. The number of carbonyl (C=O) groups is 2. The second kappa shape index (κ2) is 17.4. The minimum absolute atomic E-state index is 0.00960. The molecule has 1 fully saturated rings. The van der Waals surface area contributed by atoms with Gasteiger partial charge in [0, 0.05) is 70.0 Å². The molecule has 13 heteroatoms. The van der Waals surface area contributed by atoms with E-state index in [-0.39, 0.29) is 22.6 Å². The van der Waals surface area contributed by atoms with Crippen LogP contribution in [0.3, 0.4) is 0 Å². The highest BCUT2D eigenvalue weighted by Crippen LogP contribution is 2.28. The Morgan fingerprint density at radius 2 is 1.02 bits per heavy atom. The molecule has 2 unspecified atom stereocenters. The molecule has 1 saturated heterocycles. The first-order valence-electron chi connectivity index (χ1n) is 16.0. The summed E-state index contributed by atoms with van der Waals surface area (Å²) in [6.07, 6.45) is -2.91. The summed E-state index contributed by atoms with van der Waals surface area (Å²) in [6, 6.07) is 16.9. The van der Waals surface area contributed by atoms with Crippen molar-refractivity contribution >= 4 is 11.8 Å². The van der Waals surface area contributed by atoms with E-state index in [1.807, 2.05) is 44.2 Å². The molecule has 48 heavy (non-hydrogen) atoms. The summed E-state index contributed by atoms with van der Waals surface area (Å²) in [5.41, 5.74) is 3.80. The number of hydrogen-bond donors (Lipinski definition) is 8. The van der Waals surface area contributed by atoms with Gasteiger partial charge in [-0.3, -0.25) is 24.3 Å². The van der Waals surface area contributed by atoms with Gasteiger partial charge in [-0.05, 0) is 42.7 Å². The maximum Gasteiger partial charge on any atom is 0.257 e. The predicted molar refractivity (Wildman–Crippen MR) is 179 cm³/mol. The highest BCUT2D eigenvalue weighted by molar-refractivity contribution is 5.98. The van der Waals surface area contributed by atoms with Crippen molar-refractivity contribution in [1.29, 1.82) is 0 Å². The molecule has 13 nitrogen and oxygen atoms in total. The number of aliphatic hydroxyl groups excluding tert-OH is 4. The molecule has 0 bridgehead atoms. The average molecular weight is 666 g/mol. The highest BCUT2D eigenvalue weighted by Gasteiger charge is 2.23. The van der Waals surface area contributed by atoms with E-state index < -0.39 is 37.5 Å². The van der Waals surface area contributed by atoms with Crippen molar-refractivity contribution < 1.29 is 40.2 Å². The molecule has 2 atom stereocenters. The Kier molecular flexibility index (Phi) is 13.3. The molecule has 4 rings (SSSR count). The molecule has 260 valence electrons. The fourth-order valence-electron chi connectivity index (χ4n) is 5.83. The molecular formula is C35H47N5O8. The van der Waals surface area contributed by atoms with E-state index in [4.69, 9.17) is 10.2 Å². The van der Waals surface area contributed by atoms with Crippen LogP contribution in [0.1, 0.15) is 48.5 Å². The van der Waals surface area contributed by atoms with Gasteiger partial charge in [0.1, 0.15) is 24.0 Å². The summed E-state index contributed by atoms with van der Waals surface area (Å²) in [5, 5.41) is 64.5. The topological polar surface area (TPSA) is 189 Å². The van der Waals surface area contributed by atoms with Gasteiger partial charge in [0.15, 0.2) is 0 Å². The van der Waals surface area contributed by atoms with Crippen LogP contribution in [0, 0.1) is 13.8 Å². The molecule has 0 radical (unpaired) electrons. The number of aryl methyl sites for hydroxylation is 2. The number of aliphatic hydroxyl groups is 4. The number of phenols is 2. The van der Waals surface area contributed by atoms with Gasteiger partial charge in [-0.25, -0.2) is 0 Å². The van der Waals surface area contributed by atoms with Crippen molar-refractivity contribution in [1.82, 2.24) is 25.3 Å². The first-order valence-corrected chi connectivity index (χ1v) is 16.0. The molecule has 2 amide bonds. The number of hydrogen-bond acceptors (Lipinski definition) is 11. The predicted octanol–water partition coefficient (Wildman–Crippen LogP) is 0.616. The molecule has 3 aromatic rings. The summed E-state index contributed by atoms with van der Waals surface area (Å²) in [6.45, 7) is 7.74. The average Bonchev–Trinajstić information content (AvgIpc) is 3.15. The van der Waals surface area contributed by atoms with E-state index in [9.17, 15) is 30.0 Å². The zero-order valence-corrected chi connectivity index (χ0v) is 27.5. The quantitative estimate of drug-likeness (QED) is 0.127. The van der Waals surface area contributed by atoms with Crippen LogP contribution in [0.25, 0.3) is 0 Å². The lowest BCUT2D eigenvalue weighted by molar-refractivity contribution is 0.0540. The van der Waals surface area contributed by atoms with E-state index in [1.54, 1.807) is 0 Å². The van der Waals surface area contributed by atoms with Crippen LogP contribution < -0.4 is 10.6 Å². The first-order chi connectivity index (χ1) is 23.0. The number of rotatable bonds is 12. The molecule has 0 saturated carbocycles. The Morgan fingerprint density at radius 3 is 1.40 bits per heavy atom. The molecule has 1 aliphatic heterocycles. The van der Waals surface area contributed by atoms with Crippen molar-refractivity contribution in [2.24, 2.45) is 0 Å². The summed E-state index contributed by atoms with van der Waals surface area (Å²) in [4.78, 5) is 32.2. The van der Waals surface area contributed by atoms with Gasteiger partial charge in [-0.1, -0.05) is 42.5 Å². The van der Waals surface area contributed by atoms with E-state index in [0.29, 0.717) is 50.4 Å². The van der Waals surface area contributed by atoms with Gasteiger partial charge >= 0.3 is 0 Å². The second-order valence-electron chi connectivity index (χ2n) is 12.3. The van der Waals surface area contributed by atoms with Crippen molar-refractivity contribution in [3.05, 3.63) is 93.5 Å². The van der Waals surface area contributed by atoms with Gasteiger partial charge in [-0.15, -0.1) is 0 Å². The van der Waals surface area contributed by atoms with Crippen LogP contribution in [0.4, 0.5) is 0 Å². The summed E-state index contributed by atoms with van der Waals surface area (Å²) >= 11 is 0. The SMILES string of the molecule is Cc1cc(CN2CCN(Cc3ccccc3)CCN(Cc3cc(C)cc(C(=O)NC(O)CO)c3O)CC2)c(O)c(C(=O)NC(O)CO)c1. The Hall–Kier alpha value is -4.08. The molecular weight excluding hydrogens is 618 g/mol. The van der Waals surface area contributed by atoms with Crippen molar-refractivity contribution in [2.45, 2.75) is 45.9 Å². The van der Waals surface area contributed by atoms with E-state index in [2.05, 4.69) is 37.5 Å². The smallest absolute Gasteiger partial charge is 0.257 e. The molecule has 1 aliphatic rings. The number of amides is 2. The van der Waals surface area contributed by atoms with Gasteiger partial charge in [0.05, 0.1) is 24.3 Å². The van der Waals surface area contributed by atoms with Crippen LogP contribution in [0.2, 0.25) is 0 Å². The van der Waals surface area contributed by atoms with Crippen molar-refractivity contribution in [3.8, 4) is 11.5 Å². The lowest BCUT2D eigenvalue weighted by Gasteiger charge is -2.27. The minimum atomic E-state index is -1.45. The Morgan fingerprint density at radius 1 is 0.646 bits per heavy atom. The number of carbonyl (C=O) groups excluding carboxylic acids is 2. The normalized spacial score (nSPS) is 16.4. The van der Waals surface area contributed by atoms with Crippen LogP contribution in [-0.2, 0) is 19.6 Å². The number of aromatic hydroxyl groups is 2. The fraction of sp³-hybridized carbons (Fsp3) is 0.429. The van der Waals surface area contributed by atoms with Crippen LogP contribution >= 0.6 is 0 Å². The van der Waals surface area contributed by atoms with Crippen molar-refractivity contribution in [2.75, 3.05) is 52.5 Å². The van der Waals surface area contributed by atoms with E-state index in [1.165, 1.54) is 17.7 Å². The van der Waals surface area contributed by atoms with Gasteiger partial charge in [0.2, 0.25) is 0 Å².